The van der Waals surface area contributed by atoms with Gasteiger partial charge in [-0.2, -0.15) is 0 Å². The molecule has 0 saturated carbocycles. The second-order valence-electron chi connectivity index (χ2n) is 9.76. The number of hydrogen-bond acceptors (Lipinski definition) is 2. The van der Waals surface area contributed by atoms with Crippen LogP contribution in [0.3, 0.4) is 0 Å². The normalized spacial score (nSPS) is 13.3. The molecule has 0 fully saturated rings. The summed E-state index contributed by atoms with van der Waals surface area (Å²) in [4.78, 5) is 2.32. The van der Waals surface area contributed by atoms with Crippen LogP contribution in [0, 0.1) is 20.8 Å². The zero-order chi connectivity index (χ0) is 21.9. The molecule has 1 aliphatic heterocycles. The van der Waals surface area contributed by atoms with Gasteiger partial charge in [-0.3, -0.25) is 4.90 Å². The van der Waals surface area contributed by atoms with Crippen LogP contribution in [0.4, 0.5) is 17.3 Å². The van der Waals surface area contributed by atoms with Gasteiger partial charge >= 0.3 is 0 Å². The summed E-state index contributed by atoms with van der Waals surface area (Å²) in [6.45, 7) is 13.4. The van der Waals surface area contributed by atoms with Crippen molar-refractivity contribution in [3.63, 3.8) is 0 Å². The topological polar surface area (TPSA) is 16.4 Å². The molecule has 0 atom stereocenters. The molecule has 0 radical (unpaired) electrons. The number of aryl methyl sites for hydroxylation is 3. The predicted molar refractivity (Wildman–Crippen MR) is 133 cm³/mol. The van der Waals surface area contributed by atoms with Crippen LogP contribution in [0.5, 0.6) is 0 Å². The SMILES string of the molecule is Cc1ccc2oc3c(c2c1)C=Cc1ccccc1N3c1c(C)cc(C(C)(C)C)cc1C. The molecule has 4 aromatic rings. The van der Waals surface area contributed by atoms with Crippen molar-refractivity contribution in [1.29, 1.82) is 0 Å². The van der Waals surface area contributed by atoms with Gasteiger partial charge in [-0.25, -0.2) is 0 Å². The molecule has 5 rings (SSSR count). The minimum Gasteiger partial charge on any atom is -0.439 e. The molecule has 0 bridgehead atoms. The number of fused-ring (bicyclic) bond motifs is 4. The first-order chi connectivity index (χ1) is 14.7. The van der Waals surface area contributed by atoms with Crippen molar-refractivity contribution in [1.82, 2.24) is 0 Å². The average Bonchev–Trinajstić information content (AvgIpc) is 2.97. The zero-order valence-corrected chi connectivity index (χ0v) is 19.2. The first kappa shape index (κ1) is 19.7. The fraction of sp³-hybridized carbons (Fsp3) is 0.241. The number of benzene rings is 3. The second-order valence-corrected chi connectivity index (χ2v) is 9.76. The molecule has 0 unspecified atom stereocenters. The Bertz CT molecular complexity index is 1320. The van der Waals surface area contributed by atoms with Crippen LogP contribution in [0.25, 0.3) is 23.1 Å². The minimum atomic E-state index is 0.106. The van der Waals surface area contributed by atoms with Crippen molar-refractivity contribution in [3.05, 3.63) is 88.0 Å². The summed E-state index contributed by atoms with van der Waals surface area (Å²) in [5.74, 6) is 0.886. The Hall–Kier alpha value is -3.26. The standard InChI is InChI=1S/C29H29NO/c1-18-11-14-26-24(15-18)23-13-12-21-9-7-8-10-25(21)30(28(23)31-26)27-19(2)16-22(17-20(27)3)29(4,5)6/h7-17H,1-6H3. The highest BCUT2D eigenvalue weighted by molar-refractivity contribution is 6.02. The second kappa shape index (κ2) is 6.88. The third-order valence-electron chi connectivity index (χ3n) is 6.25. The smallest absolute Gasteiger partial charge is 0.213 e. The number of anilines is 3. The quantitative estimate of drug-likeness (QED) is 0.276. The number of para-hydroxylation sites is 1. The van der Waals surface area contributed by atoms with Gasteiger partial charge in [-0.15, -0.1) is 0 Å². The van der Waals surface area contributed by atoms with Gasteiger partial charge in [-0.1, -0.05) is 68.8 Å². The first-order valence-corrected chi connectivity index (χ1v) is 11.0. The van der Waals surface area contributed by atoms with Crippen LogP contribution in [0.2, 0.25) is 0 Å². The maximum Gasteiger partial charge on any atom is 0.213 e. The van der Waals surface area contributed by atoms with Crippen molar-refractivity contribution in [2.24, 2.45) is 0 Å². The number of nitrogens with zero attached hydrogens (tertiary/aromatic N) is 1. The van der Waals surface area contributed by atoms with E-state index < -0.39 is 0 Å². The summed E-state index contributed by atoms with van der Waals surface area (Å²) in [5, 5.41) is 1.16. The van der Waals surface area contributed by atoms with E-state index in [9.17, 15) is 0 Å². The summed E-state index contributed by atoms with van der Waals surface area (Å²) < 4.78 is 6.53. The van der Waals surface area contributed by atoms with E-state index in [1.807, 2.05) is 0 Å². The monoisotopic (exact) mass is 407 g/mol. The first-order valence-electron chi connectivity index (χ1n) is 11.0. The highest BCUT2D eigenvalue weighted by Gasteiger charge is 2.28. The van der Waals surface area contributed by atoms with E-state index >= 15 is 0 Å². The maximum atomic E-state index is 6.53. The molecule has 156 valence electrons. The van der Waals surface area contributed by atoms with E-state index in [-0.39, 0.29) is 5.41 Å². The van der Waals surface area contributed by atoms with Gasteiger partial charge in [0.25, 0.3) is 0 Å². The van der Waals surface area contributed by atoms with Crippen LogP contribution < -0.4 is 4.90 Å². The predicted octanol–water partition coefficient (Wildman–Crippen LogP) is 8.61. The molecule has 0 aliphatic carbocycles. The zero-order valence-electron chi connectivity index (χ0n) is 19.2. The number of hydrogen-bond donors (Lipinski definition) is 0. The summed E-state index contributed by atoms with van der Waals surface area (Å²) in [6.07, 6.45) is 4.41. The fourth-order valence-electron chi connectivity index (χ4n) is 4.62. The molecule has 0 spiro atoms. The summed E-state index contributed by atoms with van der Waals surface area (Å²) in [7, 11) is 0. The molecule has 3 aromatic carbocycles. The van der Waals surface area contributed by atoms with E-state index in [1.165, 1.54) is 33.5 Å². The molecule has 0 N–H and O–H groups in total. The fourth-order valence-corrected chi connectivity index (χ4v) is 4.62. The van der Waals surface area contributed by atoms with Crippen LogP contribution in [0.15, 0.2) is 59.0 Å². The lowest BCUT2D eigenvalue weighted by Gasteiger charge is -2.29. The van der Waals surface area contributed by atoms with Gasteiger partial charge in [-0.05, 0) is 72.7 Å². The van der Waals surface area contributed by atoms with E-state index in [1.54, 1.807) is 0 Å². The van der Waals surface area contributed by atoms with E-state index in [2.05, 4.69) is 113 Å². The highest BCUT2D eigenvalue weighted by atomic mass is 16.4. The Labute approximate surface area is 184 Å². The van der Waals surface area contributed by atoms with Gasteiger partial charge < -0.3 is 4.42 Å². The van der Waals surface area contributed by atoms with E-state index in [4.69, 9.17) is 4.42 Å². The molecule has 2 heteroatoms. The molecular weight excluding hydrogens is 378 g/mol. The maximum absolute atomic E-state index is 6.53. The molecule has 0 amide bonds. The highest BCUT2D eigenvalue weighted by Crippen LogP contribution is 2.48. The van der Waals surface area contributed by atoms with Crippen molar-refractivity contribution in [2.75, 3.05) is 4.90 Å². The largest absolute Gasteiger partial charge is 0.439 e. The van der Waals surface area contributed by atoms with Gasteiger partial charge in [0.2, 0.25) is 5.88 Å². The van der Waals surface area contributed by atoms with Gasteiger partial charge in [0, 0.05) is 10.9 Å². The third-order valence-corrected chi connectivity index (χ3v) is 6.25. The molecule has 0 saturated heterocycles. The molecule has 2 nitrogen and oxygen atoms in total. The third kappa shape index (κ3) is 3.18. The lowest BCUT2D eigenvalue weighted by Crippen LogP contribution is -2.16. The molecule has 1 aromatic heterocycles. The average molecular weight is 408 g/mol. The Kier molecular flexibility index (Phi) is 4.37. The van der Waals surface area contributed by atoms with Crippen molar-refractivity contribution < 1.29 is 4.42 Å². The Balaban J connectivity index is 1.84. The van der Waals surface area contributed by atoms with Gasteiger partial charge in [0.1, 0.15) is 5.58 Å². The van der Waals surface area contributed by atoms with E-state index in [0.29, 0.717) is 0 Å². The molecule has 31 heavy (non-hydrogen) atoms. The summed E-state index contributed by atoms with van der Waals surface area (Å²) >= 11 is 0. The molecule has 1 aliphatic rings. The minimum absolute atomic E-state index is 0.106. The van der Waals surface area contributed by atoms with Crippen LogP contribution in [-0.4, -0.2) is 0 Å². The number of furan rings is 1. The van der Waals surface area contributed by atoms with E-state index in [0.717, 1.165) is 28.1 Å². The number of rotatable bonds is 1. The van der Waals surface area contributed by atoms with Crippen molar-refractivity contribution in [2.45, 2.75) is 47.0 Å². The Morgan fingerprint density at radius 2 is 1.52 bits per heavy atom. The van der Waals surface area contributed by atoms with Gasteiger partial charge in [0.05, 0.1) is 11.4 Å². The summed E-state index contributed by atoms with van der Waals surface area (Å²) in [6, 6.07) is 19.6. The lowest BCUT2D eigenvalue weighted by molar-refractivity contribution is 0.589. The Morgan fingerprint density at radius 1 is 0.806 bits per heavy atom. The van der Waals surface area contributed by atoms with Crippen LogP contribution >= 0.6 is 0 Å². The molecule has 2 heterocycles. The van der Waals surface area contributed by atoms with Crippen LogP contribution in [-0.2, 0) is 5.41 Å². The summed E-state index contributed by atoms with van der Waals surface area (Å²) in [5.41, 5.74) is 10.8. The van der Waals surface area contributed by atoms with Gasteiger partial charge in [0.15, 0.2) is 0 Å². The molecular formula is C29H29NO. The van der Waals surface area contributed by atoms with Crippen molar-refractivity contribution in [3.8, 4) is 0 Å². The van der Waals surface area contributed by atoms with Crippen LogP contribution in [0.1, 0.15) is 54.2 Å². The van der Waals surface area contributed by atoms with Crippen molar-refractivity contribution >= 4 is 40.4 Å². The lowest BCUT2D eigenvalue weighted by atomic mass is 9.84. The Morgan fingerprint density at radius 3 is 2.23 bits per heavy atom.